The molecule has 8 nitrogen and oxygen atoms in total. The van der Waals surface area contributed by atoms with Crippen LogP contribution in [0.5, 0.6) is 5.75 Å². The first-order valence-electron chi connectivity index (χ1n) is 7.85. The predicted octanol–water partition coefficient (Wildman–Crippen LogP) is 3.16. The van der Waals surface area contributed by atoms with Crippen LogP contribution in [0.4, 0.5) is 17.2 Å². The molecular weight excluding hydrogens is 352 g/mol. The van der Waals surface area contributed by atoms with Gasteiger partial charge in [-0.25, -0.2) is 9.97 Å². The van der Waals surface area contributed by atoms with E-state index in [-0.39, 0.29) is 12.5 Å². The third-order valence-electron chi connectivity index (χ3n) is 3.92. The lowest BCUT2D eigenvalue weighted by molar-refractivity contribution is -0.118. The van der Waals surface area contributed by atoms with Crippen LogP contribution in [0.25, 0.3) is 21.7 Å². The van der Waals surface area contributed by atoms with Gasteiger partial charge in [-0.3, -0.25) is 9.89 Å². The summed E-state index contributed by atoms with van der Waals surface area (Å²) in [7, 11) is 0. The molecule has 4 aromatic rings. The van der Waals surface area contributed by atoms with E-state index in [4.69, 9.17) is 4.74 Å². The number of hydrogen-bond donors (Lipinski definition) is 3. The number of rotatable bonds is 3. The van der Waals surface area contributed by atoms with Crippen LogP contribution in [0.3, 0.4) is 0 Å². The molecule has 0 spiro atoms. The number of H-pyrrole nitrogens is 1. The average molecular weight is 364 g/mol. The number of carbonyl (C=O) groups excluding carboxylic acids is 1. The molecule has 0 aliphatic carbocycles. The zero-order valence-electron chi connectivity index (χ0n) is 13.3. The zero-order chi connectivity index (χ0) is 17.5. The molecule has 1 aliphatic rings. The lowest BCUT2D eigenvalue weighted by atomic mass is 10.2. The summed E-state index contributed by atoms with van der Waals surface area (Å²) >= 11 is 1.57. The van der Waals surface area contributed by atoms with Gasteiger partial charge in [-0.05, 0) is 29.6 Å². The molecule has 5 rings (SSSR count). The van der Waals surface area contributed by atoms with Crippen LogP contribution in [-0.4, -0.2) is 32.7 Å². The minimum absolute atomic E-state index is 0.0324. The number of thiophene rings is 1. The molecule has 1 amide bonds. The monoisotopic (exact) mass is 364 g/mol. The van der Waals surface area contributed by atoms with Gasteiger partial charge in [0.05, 0.1) is 16.8 Å². The molecule has 0 unspecified atom stereocenters. The molecule has 1 aliphatic heterocycles. The summed E-state index contributed by atoms with van der Waals surface area (Å²) in [5, 5.41) is 15.0. The molecule has 3 N–H and O–H groups in total. The molecule has 3 aromatic heterocycles. The second-order valence-corrected chi connectivity index (χ2v) is 6.62. The van der Waals surface area contributed by atoms with E-state index < -0.39 is 0 Å². The zero-order valence-corrected chi connectivity index (χ0v) is 14.1. The first kappa shape index (κ1) is 14.8. The summed E-state index contributed by atoms with van der Waals surface area (Å²) in [4.78, 5) is 21.7. The lowest BCUT2D eigenvalue weighted by Crippen LogP contribution is -2.25. The molecule has 0 saturated carbocycles. The largest absolute Gasteiger partial charge is 0.482 e. The minimum Gasteiger partial charge on any atom is -0.482 e. The molecule has 0 atom stereocenters. The third kappa shape index (κ3) is 2.54. The van der Waals surface area contributed by atoms with Crippen molar-refractivity contribution in [1.29, 1.82) is 0 Å². The van der Waals surface area contributed by atoms with Crippen molar-refractivity contribution < 1.29 is 9.53 Å². The van der Waals surface area contributed by atoms with E-state index in [0.29, 0.717) is 28.6 Å². The van der Waals surface area contributed by atoms with E-state index in [1.54, 1.807) is 17.5 Å². The Bertz CT molecular complexity index is 1120. The van der Waals surface area contributed by atoms with Crippen LogP contribution in [0.15, 0.2) is 41.9 Å². The van der Waals surface area contributed by atoms with Gasteiger partial charge in [-0.1, -0.05) is 6.07 Å². The second-order valence-electron chi connectivity index (χ2n) is 5.68. The smallest absolute Gasteiger partial charge is 0.262 e. The number of anilines is 3. The van der Waals surface area contributed by atoms with Gasteiger partial charge in [0.25, 0.3) is 5.91 Å². The maximum atomic E-state index is 11.5. The van der Waals surface area contributed by atoms with Crippen LogP contribution >= 0.6 is 11.3 Å². The first-order valence-corrected chi connectivity index (χ1v) is 8.73. The fourth-order valence-electron chi connectivity index (χ4n) is 2.74. The number of ether oxygens (including phenoxy) is 1. The van der Waals surface area contributed by atoms with Gasteiger partial charge in [0, 0.05) is 5.69 Å². The minimum atomic E-state index is -0.173. The predicted molar refractivity (Wildman–Crippen MR) is 98.8 cm³/mol. The van der Waals surface area contributed by atoms with E-state index >= 15 is 0 Å². The molecule has 0 radical (unpaired) electrons. The maximum absolute atomic E-state index is 11.5. The maximum Gasteiger partial charge on any atom is 0.262 e. The van der Waals surface area contributed by atoms with E-state index in [1.807, 2.05) is 35.7 Å². The van der Waals surface area contributed by atoms with Gasteiger partial charge in [-0.2, -0.15) is 5.10 Å². The fourth-order valence-corrected chi connectivity index (χ4v) is 3.40. The quantitative estimate of drug-likeness (QED) is 0.516. The number of nitrogens with zero attached hydrogens (tertiary/aromatic N) is 3. The highest BCUT2D eigenvalue weighted by molar-refractivity contribution is 7.13. The van der Waals surface area contributed by atoms with Gasteiger partial charge >= 0.3 is 0 Å². The van der Waals surface area contributed by atoms with Gasteiger partial charge in [0.1, 0.15) is 16.8 Å². The molecule has 0 bridgehead atoms. The Morgan fingerprint density at radius 1 is 1.23 bits per heavy atom. The summed E-state index contributed by atoms with van der Waals surface area (Å²) in [6.07, 6.45) is 1.67. The Morgan fingerprint density at radius 3 is 3.08 bits per heavy atom. The summed E-state index contributed by atoms with van der Waals surface area (Å²) in [5.41, 5.74) is 2.82. The van der Waals surface area contributed by atoms with Gasteiger partial charge in [0.15, 0.2) is 18.2 Å². The second kappa shape index (κ2) is 5.81. The number of carbonyl (C=O) groups is 1. The first-order chi connectivity index (χ1) is 12.8. The van der Waals surface area contributed by atoms with Crippen LogP contribution in [0.1, 0.15) is 0 Å². The molecule has 0 saturated heterocycles. The van der Waals surface area contributed by atoms with Crippen LogP contribution in [0, 0.1) is 0 Å². The Kier molecular flexibility index (Phi) is 3.32. The van der Waals surface area contributed by atoms with E-state index in [0.717, 1.165) is 16.1 Å². The Morgan fingerprint density at radius 2 is 2.19 bits per heavy atom. The number of fused-ring (bicyclic) bond motifs is 2. The van der Waals surface area contributed by atoms with Crippen LogP contribution < -0.4 is 15.4 Å². The fraction of sp³-hybridized carbons (Fsp3) is 0.0588. The number of nitrogens with one attached hydrogen (secondary N) is 3. The SMILES string of the molecule is O=C1COc2ccc(Nc3nc(-c4cccs4)nc4cn[nH]c34)cc2N1. The number of aromatic nitrogens is 4. The molecule has 26 heavy (non-hydrogen) atoms. The Balaban J connectivity index is 1.56. The topological polar surface area (TPSA) is 105 Å². The van der Waals surface area contributed by atoms with Crippen molar-refractivity contribution in [2.45, 2.75) is 0 Å². The van der Waals surface area contributed by atoms with Crippen LogP contribution in [0.2, 0.25) is 0 Å². The molecule has 128 valence electrons. The van der Waals surface area contributed by atoms with Crippen molar-refractivity contribution in [1.82, 2.24) is 20.2 Å². The molecule has 9 heteroatoms. The van der Waals surface area contributed by atoms with Gasteiger partial charge in [0.2, 0.25) is 0 Å². The summed E-state index contributed by atoms with van der Waals surface area (Å²) < 4.78 is 5.39. The Labute approximate surface area is 151 Å². The van der Waals surface area contributed by atoms with Gasteiger partial charge < -0.3 is 15.4 Å². The Hall–Kier alpha value is -3.46. The normalized spacial score (nSPS) is 13.2. The average Bonchev–Trinajstić information content (AvgIpc) is 3.33. The summed E-state index contributed by atoms with van der Waals surface area (Å²) in [6, 6.07) is 9.42. The van der Waals surface area contributed by atoms with E-state index in [2.05, 4.69) is 30.8 Å². The van der Waals surface area contributed by atoms with Crippen molar-refractivity contribution in [3.05, 3.63) is 41.9 Å². The standard InChI is InChI=1S/C17H12N6O2S/c24-14-8-25-12-4-3-9(6-10(12)20-14)19-17-15-11(7-18-23-15)21-16(22-17)13-2-1-5-26-13/h1-7H,8H2,(H,18,23)(H,20,24)(H,19,21,22). The highest BCUT2D eigenvalue weighted by atomic mass is 32.1. The molecule has 4 heterocycles. The van der Waals surface area contributed by atoms with Crippen molar-refractivity contribution in [3.63, 3.8) is 0 Å². The highest BCUT2D eigenvalue weighted by Crippen LogP contribution is 2.33. The number of amides is 1. The van der Waals surface area contributed by atoms with Crippen molar-refractivity contribution >= 4 is 45.5 Å². The third-order valence-corrected chi connectivity index (χ3v) is 4.78. The molecular formula is C17H12N6O2S. The van der Waals surface area contributed by atoms with Crippen molar-refractivity contribution in [2.24, 2.45) is 0 Å². The van der Waals surface area contributed by atoms with E-state index in [1.165, 1.54) is 0 Å². The van der Waals surface area contributed by atoms with E-state index in [9.17, 15) is 4.79 Å². The van der Waals surface area contributed by atoms with Crippen molar-refractivity contribution in [2.75, 3.05) is 17.2 Å². The molecule has 1 aromatic carbocycles. The molecule has 0 fully saturated rings. The van der Waals surface area contributed by atoms with Gasteiger partial charge in [-0.15, -0.1) is 11.3 Å². The number of aromatic amines is 1. The summed E-state index contributed by atoms with van der Waals surface area (Å²) in [5.74, 6) is 1.71. The van der Waals surface area contributed by atoms with Crippen molar-refractivity contribution in [3.8, 4) is 16.5 Å². The van der Waals surface area contributed by atoms with Crippen LogP contribution in [-0.2, 0) is 4.79 Å². The highest BCUT2D eigenvalue weighted by Gasteiger charge is 2.17. The number of benzene rings is 1. The number of hydrogen-bond acceptors (Lipinski definition) is 7. The summed E-state index contributed by atoms with van der Waals surface area (Å²) in [6.45, 7) is 0.0324. The lowest BCUT2D eigenvalue weighted by Gasteiger charge is -2.18.